The van der Waals surface area contributed by atoms with Crippen LogP contribution >= 0.6 is 0 Å². The SMILES string of the molecule is c1ccc(-n2c3ccccc3c3cc4c(ccc5cc(-c6ccc7ccc8cccc9ccc6c7c89)ccc54)cc32)cc1. The van der Waals surface area contributed by atoms with Crippen molar-refractivity contribution < 1.29 is 0 Å². The normalized spacial score (nSPS) is 12.2. The summed E-state index contributed by atoms with van der Waals surface area (Å²) in [6, 6.07) is 56.1. The Morgan fingerprint density at radius 1 is 0.326 bits per heavy atom. The molecule has 10 rings (SSSR count). The number of nitrogens with zero attached hydrogens (tertiary/aromatic N) is 1. The molecule has 0 aliphatic carbocycles. The molecule has 0 fully saturated rings. The van der Waals surface area contributed by atoms with Crippen molar-refractivity contribution in [3.05, 3.63) is 152 Å². The van der Waals surface area contributed by atoms with E-state index >= 15 is 0 Å². The van der Waals surface area contributed by atoms with Crippen LogP contribution in [0.5, 0.6) is 0 Å². The van der Waals surface area contributed by atoms with E-state index in [-0.39, 0.29) is 0 Å². The van der Waals surface area contributed by atoms with Gasteiger partial charge in [0, 0.05) is 16.5 Å². The molecule has 0 spiro atoms. The first-order valence-electron chi connectivity index (χ1n) is 14.9. The van der Waals surface area contributed by atoms with Crippen molar-refractivity contribution in [3.8, 4) is 16.8 Å². The van der Waals surface area contributed by atoms with Gasteiger partial charge < -0.3 is 4.57 Å². The van der Waals surface area contributed by atoms with E-state index in [2.05, 4.69) is 156 Å². The smallest absolute Gasteiger partial charge is 0.0547 e. The van der Waals surface area contributed by atoms with Crippen LogP contribution in [0.15, 0.2) is 152 Å². The Balaban J connectivity index is 1.21. The highest BCUT2D eigenvalue weighted by Crippen LogP contribution is 2.41. The molecule has 1 heterocycles. The molecule has 0 bridgehead atoms. The number of hydrogen-bond donors (Lipinski definition) is 0. The second-order valence-corrected chi connectivity index (χ2v) is 11.7. The molecule has 0 N–H and O–H groups in total. The van der Waals surface area contributed by atoms with Gasteiger partial charge in [-0.2, -0.15) is 0 Å². The summed E-state index contributed by atoms with van der Waals surface area (Å²) in [6.07, 6.45) is 0. The van der Waals surface area contributed by atoms with Crippen molar-refractivity contribution in [1.29, 1.82) is 0 Å². The quantitative estimate of drug-likeness (QED) is 0.191. The summed E-state index contributed by atoms with van der Waals surface area (Å²) in [6.45, 7) is 0. The molecule has 1 aromatic heterocycles. The lowest BCUT2D eigenvalue weighted by Gasteiger charge is -2.15. The van der Waals surface area contributed by atoms with E-state index in [1.54, 1.807) is 0 Å². The zero-order chi connectivity index (χ0) is 28.1. The monoisotopic (exact) mass is 543 g/mol. The van der Waals surface area contributed by atoms with Crippen molar-refractivity contribution in [2.24, 2.45) is 0 Å². The maximum absolute atomic E-state index is 2.41. The zero-order valence-electron chi connectivity index (χ0n) is 23.4. The Bertz CT molecular complexity index is 2700. The molecule has 0 radical (unpaired) electrons. The van der Waals surface area contributed by atoms with Crippen molar-refractivity contribution in [2.75, 3.05) is 0 Å². The lowest BCUT2D eigenvalue weighted by molar-refractivity contribution is 1.18. The molecule has 0 saturated heterocycles. The predicted octanol–water partition coefficient (Wildman–Crippen LogP) is 11.7. The van der Waals surface area contributed by atoms with Crippen LogP contribution in [0.2, 0.25) is 0 Å². The Labute approximate surface area is 248 Å². The van der Waals surface area contributed by atoms with Crippen LogP contribution in [0.4, 0.5) is 0 Å². The fraction of sp³-hybridized carbons (Fsp3) is 0. The van der Waals surface area contributed by atoms with Gasteiger partial charge in [0.05, 0.1) is 11.0 Å². The first kappa shape index (κ1) is 23.0. The van der Waals surface area contributed by atoms with E-state index in [0.717, 1.165) is 0 Å². The molecule has 0 saturated carbocycles. The molecule has 198 valence electrons. The van der Waals surface area contributed by atoms with Crippen molar-refractivity contribution in [2.45, 2.75) is 0 Å². The fourth-order valence-corrected chi connectivity index (χ4v) is 7.54. The van der Waals surface area contributed by atoms with E-state index in [1.807, 2.05) is 0 Å². The zero-order valence-corrected chi connectivity index (χ0v) is 23.4. The second-order valence-electron chi connectivity index (χ2n) is 11.7. The Morgan fingerprint density at radius 3 is 1.86 bits per heavy atom. The summed E-state index contributed by atoms with van der Waals surface area (Å²) in [5, 5.41) is 15.6. The standard InChI is InChI=1S/C42H25N/c1-2-9-32(10-3-1)43-39-12-5-4-11-35(39)38-25-37-31(24-40(38)43)16-15-29-23-30(19-21-34(29)37)33-20-17-28-14-13-26-7-6-8-27-18-22-36(33)42(28)41(26)27/h1-25H. The highest BCUT2D eigenvalue weighted by Gasteiger charge is 2.15. The molecule has 1 nitrogen and oxygen atoms in total. The van der Waals surface area contributed by atoms with Gasteiger partial charge >= 0.3 is 0 Å². The molecule has 10 aromatic rings. The number of benzene rings is 9. The molecule has 0 atom stereocenters. The molecule has 0 unspecified atom stereocenters. The van der Waals surface area contributed by atoms with Gasteiger partial charge in [-0.1, -0.05) is 115 Å². The van der Waals surface area contributed by atoms with Crippen LogP contribution in [-0.2, 0) is 0 Å². The molecule has 0 aliphatic heterocycles. The van der Waals surface area contributed by atoms with Gasteiger partial charge in [0.25, 0.3) is 0 Å². The molecule has 43 heavy (non-hydrogen) atoms. The average Bonchev–Trinajstić information content (AvgIpc) is 3.39. The molecule has 9 aromatic carbocycles. The van der Waals surface area contributed by atoms with Crippen molar-refractivity contribution >= 4 is 75.7 Å². The van der Waals surface area contributed by atoms with Gasteiger partial charge in [0.1, 0.15) is 0 Å². The summed E-state index contributed by atoms with van der Waals surface area (Å²) in [5.74, 6) is 0. The Kier molecular flexibility index (Phi) is 4.51. The number of hydrogen-bond acceptors (Lipinski definition) is 0. The Morgan fingerprint density at radius 2 is 1.00 bits per heavy atom. The molecule has 0 aliphatic rings. The summed E-state index contributed by atoms with van der Waals surface area (Å²) in [4.78, 5) is 0. The highest BCUT2D eigenvalue weighted by atomic mass is 15.0. The second kappa shape index (κ2) is 8.44. The fourth-order valence-electron chi connectivity index (χ4n) is 7.54. The summed E-state index contributed by atoms with van der Waals surface area (Å²) in [5.41, 5.74) is 6.21. The summed E-state index contributed by atoms with van der Waals surface area (Å²) in [7, 11) is 0. The lowest BCUT2D eigenvalue weighted by Crippen LogP contribution is -1.93. The highest BCUT2D eigenvalue weighted by molar-refractivity contribution is 6.26. The minimum Gasteiger partial charge on any atom is -0.309 e. The maximum atomic E-state index is 2.41. The van der Waals surface area contributed by atoms with Crippen LogP contribution in [0.3, 0.4) is 0 Å². The van der Waals surface area contributed by atoms with Gasteiger partial charge in [-0.15, -0.1) is 0 Å². The van der Waals surface area contributed by atoms with Crippen LogP contribution in [0.1, 0.15) is 0 Å². The van der Waals surface area contributed by atoms with E-state index < -0.39 is 0 Å². The van der Waals surface area contributed by atoms with Crippen LogP contribution in [0.25, 0.3) is 92.5 Å². The van der Waals surface area contributed by atoms with E-state index in [9.17, 15) is 0 Å². The van der Waals surface area contributed by atoms with Crippen molar-refractivity contribution in [3.63, 3.8) is 0 Å². The van der Waals surface area contributed by atoms with Crippen LogP contribution in [-0.4, -0.2) is 4.57 Å². The number of aromatic nitrogens is 1. The van der Waals surface area contributed by atoms with Gasteiger partial charge in [0.2, 0.25) is 0 Å². The Hall–Kier alpha value is -5.66. The van der Waals surface area contributed by atoms with Crippen LogP contribution in [0, 0.1) is 0 Å². The molecular formula is C42H25N. The third-order valence-electron chi connectivity index (χ3n) is 9.48. The van der Waals surface area contributed by atoms with E-state index in [1.165, 1.54) is 92.5 Å². The van der Waals surface area contributed by atoms with E-state index in [4.69, 9.17) is 0 Å². The maximum Gasteiger partial charge on any atom is 0.0547 e. The first-order chi connectivity index (χ1) is 21.3. The van der Waals surface area contributed by atoms with Gasteiger partial charge in [-0.05, 0) is 101 Å². The minimum absolute atomic E-state index is 1.19. The third kappa shape index (κ3) is 3.17. The van der Waals surface area contributed by atoms with Crippen LogP contribution < -0.4 is 0 Å². The largest absolute Gasteiger partial charge is 0.309 e. The number of para-hydroxylation sites is 2. The summed E-state index contributed by atoms with van der Waals surface area (Å²) >= 11 is 0. The lowest BCUT2D eigenvalue weighted by atomic mass is 9.89. The minimum atomic E-state index is 1.19. The van der Waals surface area contributed by atoms with Crippen molar-refractivity contribution in [1.82, 2.24) is 4.57 Å². The third-order valence-corrected chi connectivity index (χ3v) is 9.48. The predicted molar refractivity (Wildman–Crippen MR) is 185 cm³/mol. The molecular weight excluding hydrogens is 518 g/mol. The van der Waals surface area contributed by atoms with E-state index in [0.29, 0.717) is 0 Å². The van der Waals surface area contributed by atoms with Gasteiger partial charge in [-0.25, -0.2) is 0 Å². The molecule has 1 heteroatoms. The van der Waals surface area contributed by atoms with Gasteiger partial charge in [0.15, 0.2) is 0 Å². The van der Waals surface area contributed by atoms with Gasteiger partial charge in [-0.3, -0.25) is 0 Å². The first-order valence-corrected chi connectivity index (χ1v) is 14.9. The number of rotatable bonds is 2. The number of fused-ring (bicyclic) bond motifs is 6. The molecule has 0 amide bonds. The summed E-state index contributed by atoms with van der Waals surface area (Å²) < 4.78 is 2.39. The topological polar surface area (TPSA) is 4.93 Å². The average molecular weight is 544 g/mol.